The van der Waals surface area contributed by atoms with Gasteiger partial charge in [-0.15, -0.1) is 11.3 Å². The summed E-state index contributed by atoms with van der Waals surface area (Å²) in [5.74, 6) is -0.169. The molecule has 0 unspecified atom stereocenters. The number of carbonyl (C=O) groups is 1. The molecule has 0 atom stereocenters. The SMILES string of the molecule is Nc1c(C(=O)Nc2ccccn2)sc2nc(C(F)(F)F)c3c(c12)CCCC3. The summed E-state index contributed by atoms with van der Waals surface area (Å²) in [7, 11) is 0. The number of fused-ring (bicyclic) bond motifs is 3. The highest BCUT2D eigenvalue weighted by molar-refractivity contribution is 7.21. The van der Waals surface area contributed by atoms with Crippen molar-refractivity contribution in [2.24, 2.45) is 0 Å². The van der Waals surface area contributed by atoms with E-state index in [0.717, 1.165) is 17.8 Å². The van der Waals surface area contributed by atoms with Crippen molar-refractivity contribution in [2.75, 3.05) is 11.1 Å². The van der Waals surface area contributed by atoms with Crippen LogP contribution in [0.1, 0.15) is 39.3 Å². The number of carbonyl (C=O) groups excluding carboxylic acids is 1. The van der Waals surface area contributed by atoms with Gasteiger partial charge in [0, 0.05) is 11.6 Å². The summed E-state index contributed by atoms with van der Waals surface area (Å²) >= 11 is 0.878. The summed E-state index contributed by atoms with van der Waals surface area (Å²) in [5, 5.41) is 3.10. The highest BCUT2D eigenvalue weighted by Gasteiger charge is 2.38. The van der Waals surface area contributed by atoms with E-state index in [1.54, 1.807) is 18.2 Å². The summed E-state index contributed by atoms with van der Waals surface area (Å²) < 4.78 is 40.4. The Balaban J connectivity index is 1.85. The molecule has 1 amide bonds. The van der Waals surface area contributed by atoms with Crippen LogP contribution in [0.4, 0.5) is 24.7 Å². The van der Waals surface area contributed by atoms with E-state index in [-0.39, 0.29) is 21.0 Å². The number of nitrogens with zero attached hydrogens (tertiary/aromatic N) is 2. The third kappa shape index (κ3) is 3.12. The van der Waals surface area contributed by atoms with Gasteiger partial charge in [-0.25, -0.2) is 9.97 Å². The molecule has 1 aliphatic rings. The second kappa shape index (κ2) is 6.49. The van der Waals surface area contributed by atoms with Gasteiger partial charge in [0.15, 0.2) is 0 Å². The smallest absolute Gasteiger partial charge is 0.397 e. The summed E-state index contributed by atoms with van der Waals surface area (Å²) in [5.41, 5.74) is 6.29. The van der Waals surface area contributed by atoms with Crippen molar-refractivity contribution in [1.29, 1.82) is 0 Å². The second-order valence-electron chi connectivity index (χ2n) is 6.32. The molecule has 0 aromatic carbocycles. The van der Waals surface area contributed by atoms with E-state index in [2.05, 4.69) is 15.3 Å². The highest BCUT2D eigenvalue weighted by atomic mass is 32.1. The molecule has 9 heteroatoms. The summed E-state index contributed by atoms with van der Waals surface area (Å²) in [4.78, 5) is 20.7. The largest absolute Gasteiger partial charge is 0.433 e. The number of alkyl halides is 3. The number of amides is 1. The Morgan fingerprint density at radius 1 is 1.19 bits per heavy atom. The Labute approximate surface area is 156 Å². The van der Waals surface area contributed by atoms with Gasteiger partial charge in [-0.1, -0.05) is 6.07 Å². The lowest BCUT2D eigenvalue weighted by atomic mass is 9.88. The lowest BCUT2D eigenvalue weighted by Gasteiger charge is -2.21. The molecule has 1 aliphatic carbocycles. The van der Waals surface area contributed by atoms with Crippen LogP contribution in [-0.2, 0) is 19.0 Å². The number of nitrogens with two attached hydrogens (primary N) is 1. The minimum atomic E-state index is -4.54. The topological polar surface area (TPSA) is 80.9 Å². The predicted molar refractivity (Wildman–Crippen MR) is 97.9 cm³/mol. The van der Waals surface area contributed by atoms with Crippen LogP contribution in [0.15, 0.2) is 24.4 Å². The number of aromatic nitrogens is 2. The van der Waals surface area contributed by atoms with Gasteiger partial charge in [-0.2, -0.15) is 13.2 Å². The molecule has 3 heterocycles. The van der Waals surface area contributed by atoms with Gasteiger partial charge in [0.1, 0.15) is 21.2 Å². The average Bonchev–Trinajstić information content (AvgIpc) is 2.98. The van der Waals surface area contributed by atoms with Crippen LogP contribution < -0.4 is 11.1 Å². The van der Waals surface area contributed by atoms with E-state index in [1.807, 2.05) is 0 Å². The fourth-order valence-electron chi connectivity index (χ4n) is 3.43. The Bertz CT molecular complexity index is 1030. The number of halogens is 3. The maximum Gasteiger partial charge on any atom is 0.433 e. The molecular weight excluding hydrogens is 377 g/mol. The van der Waals surface area contributed by atoms with Crippen molar-refractivity contribution in [3.63, 3.8) is 0 Å². The standard InChI is InChI=1S/C18H15F3N4OS/c19-18(20,21)15-10-6-2-1-5-9(10)12-13(22)14(27-17(12)25-15)16(26)24-11-7-3-4-8-23-11/h3-4,7-8H,1-2,5-6,22H2,(H,23,24,26). The Morgan fingerprint density at radius 3 is 2.59 bits per heavy atom. The number of thiophene rings is 1. The summed E-state index contributed by atoms with van der Waals surface area (Å²) in [6.45, 7) is 0. The van der Waals surface area contributed by atoms with Gasteiger partial charge in [0.25, 0.3) is 5.91 Å². The molecule has 3 aromatic heterocycles. The molecule has 3 N–H and O–H groups in total. The summed E-state index contributed by atoms with van der Waals surface area (Å²) in [6, 6.07) is 5.03. The number of rotatable bonds is 2. The maximum atomic E-state index is 13.5. The molecule has 5 nitrogen and oxygen atoms in total. The van der Waals surface area contributed by atoms with Gasteiger partial charge in [-0.3, -0.25) is 4.79 Å². The first kappa shape index (κ1) is 17.7. The average molecular weight is 392 g/mol. The van der Waals surface area contributed by atoms with Crippen LogP contribution in [0.3, 0.4) is 0 Å². The van der Waals surface area contributed by atoms with Crippen molar-refractivity contribution < 1.29 is 18.0 Å². The van der Waals surface area contributed by atoms with Gasteiger partial charge in [0.2, 0.25) is 0 Å². The molecule has 27 heavy (non-hydrogen) atoms. The van der Waals surface area contributed by atoms with E-state index in [9.17, 15) is 18.0 Å². The third-order valence-electron chi connectivity index (χ3n) is 4.58. The van der Waals surface area contributed by atoms with E-state index in [1.165, 1.54) is 6.20 Å². The Kier molecular flexibility index (Phi) is 4.26. The second-order valence-corrected chi connectivity index (χ2v) is 7.32. The number of nitrogen functional groups attached to an aromatic ring is 1. The molecule has 0 radical (unpaired) electrons. The number of hydrogen-bond acceptors (Lipinski definition) is 5. The maximum absolute atomic E-state index is 13.5. The Hall–Kier alpha value is -2.68. The molecule has 0 bridgehead atoms. The van der Waals surface area contributed by atoms with E-state index in [4.69, 9.17) is 5.73 Å². The number of anilines is 2. The Morgan fingerprint density at radius 2 is 1.93 bits per heavy atom. The first-order chi connectivity index (χ1) is 12.9. The molecule has 0 saturated heterocycles. The van der Waals surface area contributed by atoms with Gasteiger partial charge in [-0.05, 0) is 48.9 Å². The monoisotopic (exact) mass is 392 g/mol. The molecular formula is C18H15F3N4OS. The van der Waals surface area contributed by atoms with Crippen LogP contribution in [-0.4, -0.2) is 15.9 Å². The van der Waals surface area contributed by atoms with Crippen molar-refractivity contribution in [3.05, 3.63) is 46.1 Å². The number of aryl methyl sites for hydroxylation is 1. The molecule has 0 fully saturated rings. The van der Waals surface area contributed by atoms with Gasteiger partial charge in [0.05, 0.1) is 5.69 Å². The van der Waals surface area contributed by atoms with E-state index in [0.29, 0.717) is 36.0 Å². The lowest BCUT2D eigenvalue weighted by molar-refractivity contribution is -0.141. The molecule has 0 saturated carbocycles. The van der Waals surface area contributed by atoms with E-state index < -0.39 is 17.8 Å². The van der Waals surface area contributed by atoms with Crippen molar-refractivity contribution >= 4 is 39.0 Å². The minimum absolute atomic E-state index is 0.145. The molecule has 3 aromatic rings. The fourth-order valence-corrected chi connectivity index (χ4v) is 4.45. The quantitative estimate of drug-likeness (QED) is 0.676. The minimum Gasteiger partial charge on any atom is -0.397 e. The number of pyridine rings is 2. The zero-order valence-electron chi connectivity index (χ0n) is 14.1. The first-order valence-corrected chi connectivity index (χ1v) is 9.21. The van der Waals surface area contributed by atoms with Crippen LogP contribution in [0.25, 0.3) is 10.2 Å². The molecule has 0 aliphatic heterocycles. The fraction of sp³-hybridized carbons (Fsp3) is 0.278. The van der Waals surface area contributed by atoms with Crippen molar-refractivity contribution in [2.45, 2.75) is 31.9 Å². The van der Waals surface area contributed by atoms with Gasteiger partial charge >= 0.3 is 6.18 Å². The zero-order valence-corrected chi connectivity index (χ0v) is 14.9. The van der Waals surface area contributed by atoms with Crippen LogP contribution in [0, 0.1) is 0 Å². The van der Waals surface area contributed by atoms with Crippen LogP contribution in [0.5, 0.6) is 0 Å². The van der Waals surface area contributed by atoms with Crippen LogP contribution >= 0.6 is 11.3 Å². The number of hydrogen-bond donors (Lipinski definition) is 2. The number of nitrogens with one attached hydrogen (secondary N) is 1. The molecule has 4 rings (SSSR count). The predicted octanol–water partition coefficient (Wildman–Crippen LogP) is 4.42. The van der Waals surface area contributed by atoms with Crippen molar-refractivity contribution in [3.8, 4) is 0 Å². The third-order valence-corrected chi connectivity index (χ3v) is 5.67. The molecule has 140 valence electrons. The summed E-state index contributed by atoms with van der Waals surface area (Å²) in [6.07, 6.45) is -0.728. The normalized spacial score (nSPS) is 14.2. The first-order valence-electron chi connectivity index (χ1n) is 8.39. The highest BCUT2D eigenvalue weighted by Crippen LogP contribution is 2.43. The lowest BCUT2D eigenvalue weighted by Crippen LogP contribution is -2.17. The zero-order chi connectivity index (χ0) is 19.2. The van der Waals surface area contributed by atoms with E-state index >= 15 is 0 Å². The molecule has 0 spiro atoms. The van der Waals surface area contributed by atoms with Gasteiger partial charge < -0.3 is 11.1 Å². The van der Waals surface area contributed by atoms with Crippen molar-refractivity contribution in [1.82, 2.24) is 9.97 Å². The van der Waals surface area contributed by atoms with Crippen LogP contribution in [0.2, 0.25) is 0 Å².